The zero-order chi connectivity index (χ0) is 20.8. The van der Waals surface area contributed by atoms with Gasteiger partial charge in [0.25, 0.3) is 5.69 Å². The largest absolute Gasteiger partial charge is 0.320 e. The number of rotatable bonds is 6. The Hall–Kier alpha value is -3.53. The summed E-state index contributed by atoms with van der Waals surface area (Å²) in [6.07, 6.45) is -0.150. The summed E-state index contributed by atoms with van der Waals surface area (Å²) in [4.78, 5) is 34.8. The van der Waals surface area contributed by atoms with Gasteiger partial charge in [-0.3, -0.25) is 19.7 Å². The average Bonchev–Trinajstić information content (AvgIpc) is 3.06. The van der Waals surface area contributed by atoms with E-state index in [2.05, 4.69) is 20.8 Å². The molecule has 2 amide bonds. The number of anilines is 1. The van der Waals surface area contributed by atoms with Crippen molar-refractivity contribution in [3.05, 3.63) is 70.3 Å². The molecule has 1 heterocycles. The van der Waals surface area contributed by atoms with Crippen molar-refractivity contribution in [1.29, 1.82) is 0 Å². The lowest BCUT2D eigenvalue weighted by Crippen LogP contribution is -2.28. The van der Waals surface area contributed by atoms with E-state index in [1.54, 1.807) is 13.0 Å². The first-order valence-electron chi connectivity index (χ1n) is 8.62. The van der Waals surface area contributed by atoms with E-state index in [1.165, 1.54) is 18.2 Å². The van der Waals surface area contributed by atoms with Crippen LogP contribution in [0.25, 0.3) is 0 Å². The highest BCUT2D eigenvalue weighted by atomic mass is 32.2. The molecule has 1 aliphatic rings. The summed E-state index contributed by atoms with van der Waals surface area (Å²) in [6.45, 7) is 1.80. The van der Waals surface area contributed by atoms with Gasteiger partial charge in [0.1, 0.15) is 10.9 Å². The molecule has 3 rings (SSSR count). The number of nitro benzene ring substituents is 1. The molecule has 2 N–H and O–H groups in total. The monoisotopic (exact) mass is 411 g/mol. The fraction of sp³-hybridized carbons (Fsp3) is 0.158. The highest BCUT2D eigenvalue weighted by molar-refractivity contribution is 8.15. The number of carbonyl (C=O) groups is 2. The Balaban J connectivity index is 1.62. The van der Waals surface area contributed by atoms with E-state index in [4.69, 9.17) is 0 Å². The fourth-order valence-corrected chi connectivity index (χ4v) is 3.47. The molecule has 1 fully saturated rings. The van der Waals surface area contributed by atoms with Crippen LogP contribution in [-0.2, 0) is 9.59 Å². The van der Waals surface area contributed by atoms with Crippen LogP contribution in [-0.4, -0.2) is 32.9 Å². The maximum absolute atomic E-state index is 12.3. The van der Waals surface area contributed by atoms with Gasteiger partial charge in [-0.25, -0.2) is 0 Å². The van der Waals surface area contributed by atoms with Crippen LogP contribution in [0.2, 0.25) is 0 Å². The first-order chi connectivity index (χ1) is 13.9. The quantitative estimate of drug-likeness (QED) is 0.429. The Morgan fingerprint density at radius 2 is 1.90 bits per heavy atom. The molecule has 148 valence electrons. The van der Waals surface area contributed by atoms with Crippen molar-refractivity contribution in [2.45, 2.75) is 18.6 Å². The van der Waals surface area contributed by atoms with Crippen LogP contribution in [0.1, 0.15) is 18.9 Å². The van der Waals surface area contributed by atoms with Gasteiger partial charge < -0.3 is 10.6 Å². The summed E-state index contributed by atoms with van der Waals surface area (Å²) < 4.78 is 0. The van der Waals surface area contributed by atoms with E-state index in [9.17, 15) is 19.7 Å². The van der Waals surface area contributed by atoms with E-state index in [0.29, 0.717) is 10.9 Å². The van der Waals surface area contributed by atoms with Gasteiger partial charge >= 0.3 is 0 Å². The van der Waals surface area contributed by atoms with Gasteiger partial charge in [0.05, 0.1) is 10.6 Å². The standard InChI is InChI=1S/C19H17N5O4S/c1-12(13-7-3-2-4-8-13)22-23-19-21-18(26)16(29-19)11-17(25)20-14-9-5-6-10-15(14)24(27)28/h2-10,16H,11H2,1H3,(H,20,25)(H,21,23,26)/b22-12+. The highest BCUT2D eigenvalue weighted by Gasteiger charge is 2.32. The summed E-state index contributed by atoms with van der Waals surface area (Å²) in [7, 11) is 0. The number of thioether (sulfide) groups is 1. The number of hydrogen-bond donors (Lipinski definition) is 2. The second-order valence-electron chi connectivity index (χ2n) is 6.08. The Kier molecular flexibility index (Phi) is 6.35. The Morgan fingerprint density at radius 1 is 1.21 bits per heavy atom. The van der Waals surface area contributed by atoms with Crippen LogP contribution in [0.15, 0.2) is 64.8 Å². The molecule has 10 heteroatoms. The van der Waals surface area contributed by atoms with E-state index in [1.807, 2.05) is 30.3 Å². The van der Waals surface area contributed by atoms with Crippen LogP contribution in [0.5, 0.6) is 0 Å². The third kappa shape index (κ3) is 5.26. The number of hydrogen-bond acceptors (Lipinski definition) is 7. The number of nitro groups is 1. The fourth-order valence-electron chi connectivity index (χ4n) is 2.55. The number of benzene rings is 2. The van der Waals surface area contributed by atoms with Crippen molar-refractivity contribution in [3.8, 4) is 0 Å². The van der Waals surface area contributed by atoms with Gasteiger partial charge in [-0.1, -0.05) is 54.2 Å². The van der Waals surface area contributed by atoms with Gasteiger partial charge in [0.2, 0.25) is 11.8 Å². The molecule has 0 spiro atoms. The van der Waals surface area contributed by atoms with E-state index in [0.717, 1.165) is 17.3 Å². The van der Waals surface area contributed by atoms with Crippen LogP contribution in [0.3, 0.4) is 0 Å². The lowest BCUT2D eigenvalue weighted by molar-refractivity contribution is -0.383. The normalized spacial score (nSPS) is 17.8. The van der Waals surface area contributed by atoms with E-state index < -0.39 is 16.1 Å². The number of amidine groups is 1. The molecule has 0 radical (unpaired) electrons. The van der Waals surface area contributed by atoms with Crippen LogP contribution in [0.4, 0.5) is 11.4 Å². The minimum atomic E-state index is -0.691. The predicted octanol–water partition coefficient (Wildman–Crippen LogP) is 2.94. The summed E-state index contributed by atoms with van der Waals surface area (Å²) in [5.74, 6) is -0.865. The Morgan fingerprint density at radius 3 is 2.62 bits per heavy atom. The summed E-state index contributed by atoms with van der Waals surface area (Å²) in [6, 6.07) is 15.3. The molecular weight excluding hydrogens is 394 g/mol. The zero-order valence-corrected chi connectivity index (χ0v) is 16.2. The number of nitrogens with zero attached hydrogens (tertiary/aromatic N) is 3. The summed E-state index contributed by atoms with van der Waals surface area (Å²) >= 11 is 1.09. The molecular formula is C19H17N5O4S. The van der Waals surface area contributed by atoms with Gasteiger partial charge in [0.15, 0.2) is 5.17 Å². The van der Waals surface area contributed by atoms with Crippen molar-refractivity contribution in [3.63, 3.8) is 0 Å². The third-order valence-corrected chi connectivity index (χ3v) is 5.08. The molecule has 0 bridgehead atoms. The minimum absolute atomic E-state index is 0.0860. The Bertz CT molecular complexity index is 1010. The highest BCUT2D eigenvalue weighted by Crippen LogP contribution is 2.26. The second kappa shape index (κ2) is 9.11. The first-order valence-corrected chi connectivity index (χ1v) is 9.50. The average molecular weight is 411 g/mol. The molecule has 29 heavy (non-hydrogen) atoms. The Labute approximate surface area is 170 Å². The summed E-state index contributed by atoms with van der Waals surface area (Å²) in [5, 5.41) is 23.9. The number of carbonyl (C=O) groups excluding carboxylic acids is 2. The minimum Gasteiger partial charge on any atom is -0.320 e. The lowest BCUT2D eigenvalue weighted by Gasteiger charge is -2.07. The van der Waals surface area contributed by atoms with E-state index in [-0.39, 0.29) is 23.7 Å². The maximum atomic E-state index is 12.3. The predicted molar refractivity (Wildman–Crippen MR) is 112 cm³/mol. The number of amides is 2. The van der Waals surface area contributed by atoms with Gasteiger partial charge in [-0.15, -0.1) is 5.10 Å². The van der Waals surface area contributed by atoms with Gasteiger partial charge in [0, 0.05) is 12.5 Å². The van der Waals surface area contributed by atoms with Crippen molar-refractivity contribution in [2.75, 3.05) is 5.32 Å². The topological polar surface area (TPSA) is 126 Å². The zero-order valence-electron chi connectivity index (χ0n) is 15.4. The SMILES string of the molecule is C/C(=N\N=C1\NC(=O)C(CC(=O)Nc2ccccc2[N+](=O)[O-])S1)c1ccccc1. The molecule has 2 aromatic carbocycles. The molecule has 0 aromatic heterocycles. The van der Waals surface area contributed by atoms with Crippen LogP contribution < -0.4 is 10.6 Å². The second-order valence-corrected chi connectivity index (χ2v) is 7.27. The van der Waals surface area contributed by atoms with E-state index >= 15 is 0 Å². The van der Waals surface area contributed by atoms with Gasteiger partial charge in [-0.2, -0.15) is 5.10 Å². The molecule has 2 aromatic rings. The molecule has 1 atom stereocenters. The molecule has 1 saturated heterocycles. The number of nitrogens with one attached hydrogen (secondary N) is 2. The van der Waals surface area contributed by atoms with Crippen molar-refractivity contribution >= 4 is 45.8 Å². The number of para-hydroxylation sites is 2. The molecule has 0 saturated carbocycles. The third-order valence-electron chi connectivity index (χ3n) is 4.00. The van der Waals surface area contributed by atoms with Crippen molar-refractivity contribution in [2.24, 2.45) is 10.2 Å². The smallest absolute Gasteiger partial charge is 0.292 e. The molecule has 1 unspecified atom stereocenters. The van der Waals surface area contributed by atoms with Gasteiger partial charge in [-0.05, 0) is 18.6 Å². The van der Waals surface area contributed by atoms with Crippen LogP contribution in [0, 0.1) is 10.1 Å². The first kappa shape index (κ1) is 20.2. The van der Waals surface area contributed by atoms with Crippen molar-refractivity contribution < 1.29 is 14.5 Å². The van der Waals surface area contributed by atoms with Crippen molar-refractivity contribution in [1.82, 2.24) is 5.32 Å². The molecule has 9 nitrogen and oxygen atoms in total. The van der Waals surface area contributed by atoms with Crippen LogP contribution >= 0.6 is 11.8 Å². The lowest BCUT2D eigenvalue weighted by atomic mass is 10.1. The molecule has 1 aliphatic heterocycles. The summed E-state index contributed by atoms with van der Waals surface area (Å²) in [5.41, 5.74) is 1.47. The molecule has 0 aliphatic carbocycles. The maximum Gasteiger partial charge on any atom is 0.292 e.